The third-order valence-corrected chi connectivity index (χ3v) is 2.87. The summed E-state index contributed by atoms with van der Waals surface area (Å²) >= 11 is 0. The summed E-state index contributed by atoms with van der Waals surface area (Å²) in [6, 6.07) is 3.78. The number of benzene rings is 1. The molecule has 2 aromatic rings. The molecule has 1 heterocycles. The van der Waals surface area contributed by atoms with Gasteiger partial charge >= 0.3 is 5.97 Å². The molecule has 1 aromatic carbocycles. The Morgan fingerprint density at radius 3 is 2.84 bits per heavy atom. The van der Waals surface area contributed by atoms with Crippen LogP contribution in [0, 0.1) is 12.7 Å². The molecule has 2 rings (SSSR count). The molecule has 0 saturated carbocycles. The maximum atomic E-state index is 13.2. The number of aromatic amines is 1. The van der Waals surface area contributed by atoms with Crippen LogP contribution in [0.25, 0.3) is 11.3 Å². The van der Waals surface area contributed by atoms with Crippen LogP contribution in [0.15, 0.2) is 24.4 Å². The Labute approximate surface area is 109 Å². The van der Waals surface area contributed by atoms with Crippen LogP contribution >= 0.6 is 0 Å². The van der Waals surface area contributed by atoms with Gasteiger partial charge in [0, 0.05) is 5.56 Å². The van der Waals surface area contributed by atoms with E-state index in [1.54, 1.807) is 26.1 Å². The molecule has 100 valence electrons. The molecule has 6 heteroatoms. The van der Waals surface area contributed by atoms with Crippen LogP contribution in [0.3, 0.4) is 0 Å². The molecule has 5 nitrogen and oxygen atoms in total. The summed E-state index contributed by atoms with van der Waals surface area (Å²) in [5.41, 5.74) is 1.94. The van der Waals surface area contributed by atoms with Crippen molar-refractivity contribution in [2.24, 2.45) is 0 Å². The van der Waals surface area contributed by atoms with Crippen molar-refractivity contribution < 1.29 is 14.3 Å². The van der Waals surface area contributed by atoms with E-state index >= 15 is 0 Å². The van der Waals surface area contributed by atoms with Crippen LogP contribution in [0.2, 0.25) is 0 Å². The number of aliphatic carboxylic acids is 1. The van der Waals surface area contributed by atoms with Crippen LogP contribution in [0.5, 0.6) is 0 Å². The number of imidazole rings is 1. The summed E-state index contributed by atoms with van der Waals surface area (Å²) in [5, 5.41) is 11.7. The van der Waals surface area contributed by atoms with Gasteiger partial charge in [-0.25, -0.2) is 9.37 Å². The number of aryl methyl sites for hydroxylation is 1. The van der Waals surface area contributed by atoms with E-state index in [2.05, 4.69) is 15.3 Å². The highest BCUT2D eigenvalue weighted by molar-refractivity contribution is 5.74. The topological polar surface area (TPSA) is 78.0 Å². The number of rotatable bonds is 4. The van der Waals surface area contributed by atoms with Crippen LogP contribution in [-0.4, -0.2) is 28.1 Å². The van der Waals surface area contributed by atoms with Gasteiger partial charge in [-0.3, -0.25) is 4.79 Å². The molecule has 0 amide bonds. The summed E-state index contributed by atoms with van der Waals surface area (Å²) in [6.07, 6.45) is 1.54. The third kappa shape index (κ3) is 2.63. The fourth-order valence-electron chi connectivity index (χ4n) is 1.82. The van der Waals surface area contributed by atoms with Crippen molar-refractivity contribution >= 4 is 5.97 Å². The predicted molar refractivity (Wildman–Crippen MR) is 68.2 cm³/mol. The van der Waals surface area contributed by atoms with E-state index in [-0.39, 0.29) is 5.82 Å². The number of carboxylic acids is 1. The first kappa shape index (κ1) is 13.2. The van der Waals surface area contributed by atoms with E-state index in [0.717, 1.165) is 5.56 Å². The number of nitrogens with zero attached hydrogens (tertiary/aromatic N) is 1. The fraction of sp³-hybridized carbons (Fsp3) is 0.231. The minimum absolute atomic E-state index is 0.276. The Balaban J connectivity index is 2.35. The summed E-state index contributed by atoms with van der Waals surface area (Å²) in [7, 11) is 1.54. The number of nitrogens with one attached hydrogen (secondary N) is 2. The second kappa shape index (κ2) is 5.19. The Morgan fingerprint density at radius 2 is 2.26 bits per heavy atom. The second-order valence-electron chi connectivity index (χ2n) is 4.21. The Kier molecular flexibility index (Phi) is 3.62. The Morgan fingerprint density at radius 1 is 1.53 bits per heavy atom. The first-order chi connectivity index (χ1) is 9.02. The Bertz CT molecular complexity index is 610. The largest absolute Gasteiger partial charge is 0.480 e. The van der Waals surface area contributed by atoms with Crippen molar-refractivity contribution in [1.82, 2.24) is 15.3 Å². The lowest BCUT2D eigenvalue weighted by atomic mass is 10.1. The number of H-pyrrole nitrogens is 1. The number of carboxylic acid groups (broad SMARTS) is 1. The lowest BCUT2D eigenvalue weighted by molar-refractivity contribution is -0.139. The molecule has 1 atom stereocenters. The molecule has 0 aliphatic carbocycles. The maximum absolute atomic E-state index is 13.2. The number of likely N-dealkylation sites (N-methyl/N-ethyl adjacent to an activating group) is 1. The van der Waals surface area contributed by atoms with Crippen molar-refractivity contribution in [3.05, 3.63) is 41.6 Å². The first-order valence-electron chi connectivity index (χ1n) is 5.74. The van der Waals surface area contributed by atoms with Gasteiger partial charge in [-0.15, -0.1) is 0 Å². The van der Waals surface area contributed by atoms with Crippen LogP contribution < -0.4 is 5.32 Å². The van der Waals surface area contributed by atoms with Crippen molar-refractivity contribution in [3.8, 4) is 11.3 Å². The van der Waals surface area contributed by atoms with Gasteiger partial charge in [0.1, 0.15) is 11.6 Å². The monoisotopic (exact) mass is 263 g/mol. The van der Waals surface area contributed by atoms with Crippen LogP contribution in [0.1, 0.15) is 17.4 Å². The lowest BCUT2D eigenvalue weighted by Gasteiger charge is -2.07. The number of hydrogen-bond donors (Lipinski definition) is 3. The minimum Gasteiger partial charge on any atom is -0.480 e. The predicted octanol–water partition coefficient (Wildman–Crippen LogP) is 1.87. The van der Waals surface area contributed by atoms with E-state index in [4.69, 9.17) is 5.11 Å². The van der Waals surface area contributed by atoms with Gasteiger partial charge in [-0.05, 0) is 37.7 Å². The number of aromatic nitrogens is 2. The SMILES string of the molecule is CNC(C(=O)O)c1ncc(-c2ccc(F)c(C)c2)[nH]1. The molecule has 0 spiro atoms. The Hall–Kier alpha value is -2.21. The molecule has 3 N–H and O–H groups in total. The summed E-state index contributed by atoms with van der Waals surface area (Å²) in [6.45, 7) is 1.67. The molecule has 1 aromatic heterocycles. The molecule has 1 unspecified atom stereocenters. The summed E-state index contributed by atoms with van der Waals surface area (Å²) in [4.78, 5) is 18.0. The molecule has 19 heavy (non-hydrogen) atoms. The van der Waals surface area contributed by atoms with Gasteiger partial charge < -0.3 is 15.4 Å². The van der Waals surface area contributed by atoms with E-state index in [1.807, 2.05) is 0 Å². The number of halogens is 1. The van der Waals surface area contributed by atoms with Crippen LogP contribution in [-0.2, 0) is 4.79 Å². The van der Waals surface area contributed by atoms with Gasteiger partial charge in [-0.1, -0.05) is 0 Å². The summed E-state index contributed by atoms with van der Waals surface area (Å²) in [5.74, 6) is -0.979. The number of hydrogen-bond acceptors (Lipinski definition) is 3. The van der Waals surface area contributed by atoms with Gasteiger partial charge in [0.2, 0.25) is 0 Å². The fourth-order valence-corrected chi connectivity index (χ4v) is 1.82. The quantitative estimate of drug-likeness (QED) is 0.787. The highest BCUT2D eigenvalue weighted by Crippen LogP contribution is 2.21. The summed E-state index contributed by atoms with van der Waals surface area (Å²) < 4.78 is 13.2. The lowest BCUT2D eigenvalue weighted by Crippen LogP contribution is -2.26. The average molecular weight is 263 g/mol. The zero-order chi connectivity index (χ0) is 14.0. The van der Waals surface area contributed by atoms with E-state index in [0.29, 0.717) is 17.1 Å². The third-order valence-electron chi connectivity index (χ3n) is 2.87. The van der Waals surface area contributed by atoms with E-state index < -0.39 is 12.0 Å². The molecule has 0 aliphatic heterocycles. The highest BCUT2D eigenvalue weighted by atomic mass is 19.1. The van der Waals surface area contributed by atoms with Crippen LogP contribution in [0.4, 0.5) is 4.39 Å². The standard InChI is InChI=1S/C13H14FN3O2/c1-7-5-8(3-4-9(7)14)10-6-16-12(17-10)11(15-2)13(18)19/h3-6,11,15H,1-2H3,(H,16,17)(H,18,19). The molecular formula is C13H14FN3O2. The molecule has 0 saturated heterocycles. The molecule has 0 radical (unpaired) electrons. The smallest absolute Gasteiger partial charge is 0.328 e. The molecule has 0 fully saturated rings. The van der Waals surface area contributed by atoms with Crippen molar-refractivity contribution in [1.29, 1.82) is 0 Å². The highest BCUT2D eigenvalue weighted by Gasteiger charge is 2.20. The van der Waals surface area contributed by atoms with Crippen molar-refractivity contribution in [2.75, 3.05) is 7.05 Å². The first-order valence-corrected chi connectivity index (χ1v) is 5.74. The maximum Gasteiger partial charge on any atom is 0.328 e. The van der Waals surface area contributed by atoms with Gasteiger partial charge in [0.05, 0.1) is 11.9 Å². The van der Waals surface area contributed by atoms with Crippen molar-refractivity contribution in [2.45, 2.75) is 13.0 Å². The van der Waals surface area contributed by atoms with Gasteiger partial charge in [0.15, 0.2) is 6.04 Å². The zero-order valence-electron chi connectivity index (χ0n) is 10.6. The van der Waals surface area contributed by atoms with E-state index in [1.165, 1.54) is 12.3 Å². The second-order valence-corrected chi connectivity index (χ2v) is 4.21. The zero-order valence-corrected chi connectivity index (χ0v) is 10.6. The van der Waals surface area contributed by atoms with Gasteiger partial charge in [0.25, 0.3) is 0 Å². The molecule has 0 aliphatic rings. The number of carbonyl (C=O) groups is 1. The van der Waals surface area contributed by atoms with Gasteiger partial charge in [-0.2, -0.15) is 0 Å². The molecule has 0 bridgehead atoms. The average Bonchev–Trinajstić information content (AvgIpc) is 2.82. The van der Waals surface area contributed by atoms with E-state index in [9.17, 15) is 9.18 Å². The minimum atomic E-state index is -1.02. The molecular weight excluding hydrogens is 249 g/mol. The normalized spacial score (nSPS) is 12.4. The van der Waals surface area contributed by atoms with Crippen molar-refractivity contribution in [3.63, 3.8) is 0 Å².